The molecule has 0 fully saturated rings. The van der Waals surface area contributed by atoms with Gasteiger partial charge in [0.15, 0.2) is 11.5 Å². The van der Waals surface area contributed by atoms with E-state index in [9.17, 15) is 13.2 Å². The van der Waals surface area contributed by atoms with Crippen molar-refractivity contribution in [3.8, 4) is 11.5 Å². The predicted molar refractivity (Wildman–Crippen MR) is 117 cm³/mol. The van der Waals surface area contributed by atoms with Crippen LogP contribution < -0.4 is 19.5 Å². The molecule has 2 N–H and O–H groups in total. The first-order chi connectivity index (χ1) is 14.8. The normalized spacial score (nSPS) is 12.5. The number of hydrogen-bond donors (Lipinski definition) is 2. The lowest BCUT2D eigenvalue weighted by molar-refractivity contribution is 0.0950. The Balaban J connectivity index is 1.50. The Bertz CT molecular complexity index is 1250. The molecule has 8 heteroatoms. The Morgan fingerprint density at radius 1 is 0.968 bits per heavy atom. The summed E-state index contributed by atoms with van der Waals surface area (Å²) in [5.74, 6) is 0.937. The fraction of sp³-hybridized carbons (Fsp3) is 0.174. The highest BCUT2D eigenvalue weighted by molar-refractivity contribution is 7.92. The highest BCUT2D eigenvalue weighted by Gasteiger charge is 2.20. The number of carbonyl (C=O) groups excluding carboxylic acids is 1. The Morgan fingerprint density at radius 2 is 1.77 bits per heavy atom. The second-order valence-electron chi connectivity index (χ2n) is 7.33. The van der Waals surface area contributed by atoms with Crippen LogP contribution in [0.3, 0.4) is 0 Å². The molecule has 3 aromatic carbocycles. The van der Waals surface area contributed by atoms with Gasteiger partial charge in [-0.2, -0.15) is 0 Å². The van der Waals surface area contributed by atoms with Crippen LogP contribution in [0.15, 0.2) is 65.6 Å². The van der Waals surface area contributed by atoms with Crippen LogP contribution >= 0.6 is 0 Å². The Labute approximate surface area is 181 Å². The third-order valence-electron chi connectivity index (χ3n) is 4.90. The van der Waals surface area contributed by atoms with E-state index in [4.69, 9.17) is 9.47 Å². The van der Waals surface area contributed by atoms with Crippen LogP contribution in [0.1, 0.15) is 27.0 Å². The van der Waals surface area contributed by atoms with E-state index in [0.717, 1.165) is 11.1 Å². The Hall–Kier alpha value is -3.52. The molecule has 0 bridgehead atoms. The SMILES string of the molecule is Cc1cccc(NS(=O)(=O)c2cc(C(=O)NCc3ccc4c(c3)OCO4)ccc2C)c1. The van der Waals surface area contributed by atoms with Gasteiger partial charge < -0.3 is 14.8 Å². The van der Waals surface area contributed by atoms with Gasteiger partial charge in [-0.15, -0.1) is 0 Å². The molecule has 1 aliphatic rings. The van der Waals surface area contributed by atoms with Crippen LogP contribution in [0, 0.1) is 13.8 Å². The maximum atomic E-state index is 12.9. The molecule has 1 amide bonds. The van der Waals surface area contributed by atoms with Gasteiger partial charge in [0, 0.05) is 17.8 Å². The first-order valence-corrected chi connectivity index (χ1v) is 11.2. The zero-order chi connectivity index (χ0) is 22.0. The van der Waals surface area contributed by atoms with Crippen molar-refractivity contribution in [1.29, 1.82) is 0 Å². The molecule has 0 unspecified atom stereocenters. The molecular formula is C23H22N2O5S. The third kappa shape index (κ3) is 4.64. The van der Waals surface area contributed by atoms with E-state index in [2.05, 4.69) is 10.0 Å². The molecule has 0 atom stereocenters. The smallest absolute Gasteiger partial charge is 0.262 e. The summed E-state index contributed by atoms with van der Waals surface area (Å²) in [4.78, 5) is 12.7. The zero-order valence-corrected chi connectivity index (χ0v) is 18.0. The summed E-state index contributed by atoms with van der Waals surface area (Å²) in [7, 11) is -3.85. The summed E-state index contributed by atoms with van der Waals surface area (Å²) in [6.07, 6.45) is 0. The number of amides is 1. The molecule has 1 aliphatic heterocycles. The van der Waals surface area contributed by atoms with Gasteiger partial charge in [-0.1, -0.05) is 24.3 Å². The van der Waals surface area contributed by atoms with E-state index in [-0.39, 0.29) is 29.7 Å². The highest BCUT2D eigenvalue weighted by Crippen LogP contribution is 2.32. The minimum Gasteiger partial charge on any atom is -0.454 e. The van der Waals surface area contributed by atoms with Gasteiger partial charge in [0.25, 0.3) is 15.9 Å². The molecule has 3 aromatic rings. The minimum atomic E-state index is -3.85. The molecule has 0 aliphatic carbocycles. The van der Waals surface area contributed by atoms with Gasteiger partial charge in [-0.3, -0.25) is 9.52 Å². The number of nitrogens with one attached hydrogen (secondary N) is 2. The molecule has 0 radical (unpaired) electrons. The summed E-state index contributed by atoms with van der Waals surface area (Å²) < 4.78 is 39.1. The second-order valence-corrected chi connectivity index (χ2v) is 8.98. The lowest BCUT2D eigenvalue weighted by Crippen LogP contribution is -2.23. The second kappa shape index (κ2) is 8.31. The standard InChI is InChI=1S/C23H22N2O5S/c1-15-4-3-5-19(10-15)25-31(27,28)22-12-18(8-6-16(22)2)23(26)24-13-17-7-9-20-21(11-17)30-14-29-20/h3-12,25H,13-14H2,1-2H3,(H,24,26). The summed E-state index contributed by atoms with van der Waals surface area (Å²) in [5.41, 5.74) is 3.06. The lowest BCUT2D eigenvalue weighted by Gasteiger charge is -2.13. The predicted octanol–water partition coefficient (Wildman–Crippen LogP) is 3.76. The number of fused-ring (bicyclic) bond motifs is 1. The van der Waals surface area contributed by atoms with Crippen molar-refractivity contribution in [2.75, 3.05) is 11.5 Å². The van der Waals surface area contributed by atoms with Crippen molar-refractivity contribution in [3.05, 3.63) is 82.9 Å². The third-order valence-corrected chi connectivity index (χ3v) is 6.42. The van der Waals surface area contributed by atoms with Crippen molar-refractivity contribution < 1.29 is 22.7 Å². The van der Waals surface area contributed by atoms with Crippen molar-refractivity contribution in [1.82, 2.24) is 5.32 Å². The van der Waals surface area contributed by atoms with E-state index in [1.54, 1.807) is 49.4 Å². The van der Waals surface area contributed by atoms with Crippen molar-refractivity contribution in [3.63, 3.8) is 0 Å². The number of sulfonamides is 1. The molecule has 0 spiro atoms. The van der Waals surface area contributed by atoms with Gasteiger partial charge >= 0.3 is 0 Å². The van der Waals surface area contributed by atoms with Gasteiger partial charge in [0.2, 0.25) is 6.79 Å². The topological polar surface area (TPSA) is 93.7 Å². The number of hydrogen-bond acceptors (Lipinski definition) is 5. The van der Waals surface area contributed by atoms with Crippen molar-refractivity contribution in [2.45, 2.75) is 25.3 Å². The van der Waals surface area contributed by atoms with E-state index in [0.29, 0.717) is 22.7 Å². The molecule has 4 rings (SSSR count). The number of carbonyl (C=O) groups is 1. The molecular weight excluding hydrogens is 416 g/mol. The monoisotopic (exact) mass is 438 g/mol. The van der Waals surface area contributed by atoms with Gasteiger partial charge in [0.1, 0.15) is 0 Å². The molecule has 160 valence electrons. The van der Waals surface area contributed by atoms with E-state index in [1.807, 2.05) is 19.1 Å². The van der Waals surface area contributed by atoms with E-state index < -0.39 is 10.0 Å². The summed E-state index contributed by atoms with van der Waals surface area (Å²) in [5, 5.41) is 2.81. The highest BCUT2D eigenvalue weighted by atomic mass is 32.2. The number of benzene rings is 3. The van der Waals surface area contributed by atoms with E-state index >= 15 is 0 Å². The summed E-state index contributed by atoms with van der Waals surface area (Å²) in [6, 6.07) is 17.1. The lowest BCUT2D eigenvalue weighted by atomic mass is 10.1. The largest absolute Gasteiger partial charge is 0.454 e. The Morgan fingerprint density at radius 3 is 2.58 bits per heavy atom. The van der Waals surface area contributed by atoms with Gasteiger partial charge in [-0.05, 0) is 66.9 Å². The average molecular weight is 439 g/mol. The number of anilines is 1. The van der Waals surface area contributed by atoms with Crippen LogP contribution in [0.25, 0.3) is 0 Å². The van der Waals surface area contributed by atoms with Gasteiger partial charge in [-0.25, -0.2) is 8.42 Å². The molecule has 0 aromatic heterocycles. The summed E-state index contributed by atoms with van der Waals surface area (Å²) in [6.45, 7) is 4.03. The maximum Gasteiger partial charge on any atom is 0.262 e. The first-order valence-electron chi connectivity index (χ1n) is 9.69. The van der Waals surface area contributed by atoms with E-state index in [1.165, 1.54) is 6.07 Å². The number of aryl methyl sites for hydroxylation is 2. The fourth-order valence-electron chi connectivity index (χ4n) is 3.28. The van der Waals surface area contributed by atoms with Crippen molar-refractivity contribution in [2.24, 2.45) is 0 Å². The quantitative estimate of drug-likeness (QED) is 0.611. The molecule has 0 saturated carbocycles. The zero-order valence-electron chi connectivity index (χ0n) is 17.1. The Kier molecular flexibility index (Phi) is 5.56. The first kappa shape index (κ1) is 20.7. The fourth-order valence-corrected chi connectivity index (χ4v) is 4.61. The van der Waals surface area contributed by atoms with Crippen LogP contribution in [0.5, 0.6) is 11.5 Å². The summed E-state index contributed by atoms with van der Waals surface area (Å²) >= 11 is 0. The van der Waals surface area contributed by atoms with Gasteiger partial charge in [0.05, 0.1) is 4.90 Å². The van der Waals surface area contributed by atoms with Crippen molar-refractivity contribution >= 4 is 21.6 Å². The maximum absolute atomic E-state index is 12.9. The number of ether oxygens (including phenoxy) is 2. The van der Waals surface area contributed by atoms with Crippen LogP contribution in [0.2, 0.25) is 0 Å². The molecule has 31 heavy (non-hydrogen) atoms. The van der Waals surface area contributed by atoms with Crippen LogP contribution in [0.4, 0.5) is 5.69 Å². The average Bonchev–Trinajstić information content (AvgIpc) is 3.20. The number of rotatable bonds is 6. The molecule has 1 heterocycles. The molecule has 7 nitrogen and oxygen atoms in total. The molecule has 0 saturated heterocycles. The van der Waals surface area contributed by atoms with Crippen LogP contribution in [-0.4, -0.2) is 21.1 Å². The van der Waals surface area contributed by atoms with Crippen LogP contribution in [-0.2, 0) is 16.6 Å². The minimum absolute atomic E-state index is 0.0599.